The van der Waals surface area contributed by atoms with Gasteiger partial charge in [0.05, 0.1) is 24.4 Å². The zero-order chi connectivity index (χ0) is 22.6. The van der Waals surface area contributed by atoms with Crippen LogP contribution in [0.25, 0.3) is 0 Å². The summed E-state index contributed by atoms with van der Waals surface area (Å²) in [6, 6.07) is 14.5. The number of hydrogen-bond acceptors (Lipinski definition) is 5. The molecule has 0 aliphatic heterocycles. The Balaban J connectivity index is 2.03. The van der Waals surface area contributed by atoms with Crippen molar-refractivity contribution in [2.75, 3.05) is 25.0 Å². The number of thiophene rings is 1. The highest BCUT2D eigenvalue weighted by Gasteiger charge is 2.32. The number of anilines is 1. The van der Waals surface area contributed by atoms with Crippen LogP contribution in [0.2, 0.25) is 10.0 Å². The molecule has 6 nitrogen and oxygen atoms in total. The molecule has 2 aromatic carbocycles. The molecular formula is C21H20Cl2N2O4S2. The number of carbonyl (C=O) groups excluding carboxylic acids is 1. The highest BCUT2D eigenvalue weighted by molar-refractivity contribution is 7.93. The van der Waals surface area contributed by atoms with Crippen LogP contribution in [0.4, 0.5) is 5.69 Å². The van der Waals surface area contributed by atoms with Crippen molar-refractivity contribution in [3.05, 3.63) is 74.9 Å². The largest absolute Gasteiger partial charge is 0.495 e. The summed E-state index contributed by atoms with van der Waals surface area (Å²) in [7, 11) is -1.18. The highest BCUT2D eigenvalue weighted by Crippen LogP contribution is 2.35. The minimum absolute atomic E-state index is 0.00341. The van der Waals surface area contributed by atoms with Gasteiger partial charge >= 0.3 is 0 Å². The van der Waals surface area contributed by atoms with Crippen molar-refractivity contribution in [1.29, 1.82) is 0 Å². The summed E-state index contributed by atoms with van der Waals surface area (Å²) in [5.41, 5.74) is 0.221. The van der Waals surface area contributed by atoms with Crippen LogP contribution in [0.1, 0.15) is 4.88 Å². The van der Waals surface area contributed by atoms with Crippen LogP contribution in [-0.4, -0.2) is 39.9 Å². The summed E-state index contributed by atoms with van der Waals surface area (Å²) in [5, 5.41) is 2.13. The van der Waals surface area contributed by atoms with Gasteiger partial charge in [0.15, 0.2) is 0 Å². The average molecular weight is 499 g/mol. The molecule has 0 N–H and O–H groups in total. The predicted octanol–water partition coefficient (Wildman–Crippen LogP) is 4.92. The first-order valence-corrected chi connectivity index (χ1v) is 12.2. The molecule has 0 aliphatic carbocycles. The molecule has 1 heterocycles. The first kappa shape index (κ1) is 23.4. The molecule has 10 heteroatoms. The minimum Gasteiger partial charge on any atom is -0.495 e. The molecule has 3 rings (SSSR count). The molecule has 0 saturated heterocycles. The molecule has 1 aromatic heterocycles. The van der Waals surface area contributed by atoms with Crippen molar-refractivity contribution in [2.24, 2.45) is 0 Å². The van der Waals surface area contributed by atoms with Gasteiger partial charge in [0, 0.05) is 16.9 Å². The van der Waals surface area contributed by atoms with E-state index in [1.807, 2.05) is 17.5 Å². The standard InChI is InChI=1S/C21H20Cl2N2O4S2/c1-24(13-16-6-5-11-30-16)21(26)14-25(18-7-3-4-8-19(18)29-2)31(27,28)20-12-15(22)9-10-17(20)23/h3-12H,13-14H2,1-2H3. The molecule has 0 spiro atoms. The molecule has 164 valence electrons. The SMILES string of the molecule is COc1ccccc1N(CC(=O)N(C)Cc1cccs1)S(=O)(=O)c1cc(Cl)ccc1Cl. The number of amides is 1. The smallest absolute Gasteiger partial charge is 0.266 e. The van der Waals surface area contributed by atoms with E-state index in [-0.39, 0.29) is 26.5 Å². The number of para-hydroxylation sites is 2. The van der Waals surface area contributed by atoms with Crippen molar-refractivity contribution in [1.82, 2.24) is 4.90 Å². The monoisotopic (exact) mass is 498 g/mol. The number of methoxy groups -OCH3 is 1. The van der Waals surface area contributed by atoms with Crippen LogP contribution < -0.4 is 9.04 Å². The second-order valence-electron chi connectivity index (χ2n) is 6.59. The first-order chi connectivity index (χ1) is 14.7. The number of sulfonamides is 1. The molecule has 3 aromatic rings. The van der Waals surface area contributed by atoms with E-state index in [4.69, 9.17) is 27.9 Å². The quantitative estimate of drug-likeness (QED) is 0.442. The Morgan fingerprint density at radius 3 is 2.52 bits per heavy atom. The van der Waals surface area contributed by atoms with Gasteiger partial charge in [0.2, 0.25) is 5.91 Å². The predicted molar refractivity (Wildman–Crippen MR) is 125 cm³/mol. The molecular weight excluding hydrogens is 479 g/mol. The van der Waals surface area contributed by atoms with Gasteiger partial charge in [-0.2, -0.15) is 0 Å². The minimum atomic E-state index is -4.24. The maximum absolute atomic E-state index is 13.6. The van der Waals surface area contributed by atoms with Crippen molar-refractivity contribution in [2.45, 2.75) is 11.4 Å². The Kier molecular flexibility index (Phi) is 7.48. The van der Waals surface area contributed by atoms with E-state index in [9.17, 15) is 13.2 Å². The molecule has 0 radical (unpaired) electrons. The maximum atomic E-state index is 13.6. The second-order valence-corrected chi connectivity index (χ2v) is 10.3. The lowest BCUT2D eigenvalue weighted by Gasteiger charge is -2.28. The van der Waals surface area contributed by atoms with Crippen LogP contribution in [0.5, 0.6) is 5.75 Å². The third kappa shape index (κ3) is 5.33. The lowest BCUT2D eigenvalue weighted by atomic mass is 10.3. The maximum Gasteiger partial charge on any atom is 0.266 e. The molecule has 31 heavy (non-hydrogen) atoms. The molecule has 0 saturated carbocycles. The van der Waals surface area contributed by atoms with Gasteiger partial charge in [-0.1, -0.05) is 41.4 Å². The summed E-state index contributed by atoms with van der Waals surface area (Å²) in [5.74, 6) is -0.0843. The van der Waals surface area contributed by atoms with Gasteiger partial charge in [-0.3, -0.25) is 9.10 Å². The molecule has 0 aliphatic rings. The van der Waals surface area contributed by atoms with Gasteiger partial charge in [-0.25, -0.2) is 8.42 Å². The van der Waals surface area contributed by atoms with E-state index < -0.39 is 16.6 Å². The van der Waals surface area contributed by atoms with Crippen LogP contribution in [0.3, 0.4) is 0 Å². The number of halogens is 2. The fourth-order valence-corrected chi connectivity index (χ4v) is 5.82. The van der Waals surface area contributed by atoms with Crippen LogP contribution >= 0.6 is 34.5 Å². The van der Waals surface area contributed by atoms with Crippen LogP contribution in [0.15, 0.2) is 64.9 Å². The van der Waals surface area contributed by atoms with E-state index >= 15 is 0 Å². The third-order valence-electron chi connectivity index (χ3n) is 4.49. The molecule has 1 amide bonds. The van der Waals surface area contributed by atoms with Gasteiger partial charge in [-0.15, -0.1) is 11.3 Å². The molecule has 0 atom stereocenters. The van der Waals surface area contributed by atoms with E-state index in [0.29, 0.717) is 12.3 Å². The third-order valence-corrected chi connectivity index (χ3v) is 7.83. The number of nitrogens with zero attached hydrogens (tertiary/aromatic N) is 2. The Bertz CT molecular complexity index is 1170. The summed E-state index contributed by atoms with van der Waals surface area (Å²) >= 11 is 13.7. The fourth-order valence-electron chi connectivity index (χ4n) is 2.90. The normalized spacial score (nSPS) is 11.2. The fraction of sp³-hybridized carbons (Fsp3) is 0.190. The number of carbonyl (C=O) groups is 1. The number of rotatable bonds is 8. The number of likely N-dealkylation sites (N-methyl/N-ethyl adjacent to an activating group) is 1. The van der Waals surface area contributed by atoms with E-state index in [0.717, 1.165) is 9.18 Å². The lowest BCUT2D eigenvalue weighted by Crippen LogP contribution is -2.41. The van der Waals surface area contributed by atoms with Gasteiger partial charge in [0.25, 0.3) is 10.0 Å². The molecule has 0 unspecified atom stereocenters. The number of ether oxygens (including phenoxy) is 1. The average Bonchev–Trinajstić information content (AvgIpc) is 3.26. The summed E-state index contributed by atoms with van der Waals surface area (Å²) in [6.07, 6.45) is 0. The van der Waals surface area contributed by atoms with Gasteiger partial charge in [-0.05, 0) is 41.8 Å². The van der Waals surface area contributed by atoms with Crippen molar-refractivity contribution in [3.8, 4) is 5.75 Å². The highest BCUT2D eigenvalue weighted by atomic mass is 35.5. The Morgan fingerprint density at radius 1 is 1.10 bits per heavy atom. The zero-order valence-electron chi connectivity index (χ0n) is 16.8. The topological polar surface area (TPSA) is 66.9 Å². The van der Waals surface area contributed by atoms with Gasteiger partial charge < -0.3 is 9.64 Å². The lowest BCUT2D eigenvalue weighted by molar-refractivity contribution is -0.128. The van der Waals surface area contributed by atoms with Crippen molar-refractivity contribution in [3.63, 3.8) is 0 Å². The van der Waals surface area contributed by atoms with Crippen molar-refractivity contribution >= 4 is 56.2 Å². The van der Waals surface area contributed by atoms with E-state index in [1.165, 1.54) is 41.5 Å². The Morgan fingerprint density at radius 2 is 1.84 bits per heavy atom. The summed E-state index contributed by atoms with van der Waals surface area (Å²) in [4.78, 5) is 15.3. The Hall–Kier alpha value is -2.26. The van der Waals surface area contributed by atoms with E-state index in [1.54, 1.807) is 31.3 Å². The first-order valence-electron chi connectivity index (χ1n) is 9.11. The second kappa shape index (κ2) is 9.91. The Labute approximate surface area is 195 Å². The summed E-state index contributed by atoms with van der Waals surface area (Å²) < 4.78 is 33.6. The summed E-state index contributed by atoms with van der Waals surface area (Å²) in [6.45, 7) is -0.0678. The zero-order valence-corrected chi connectivity index (χ0v) is 19.9. The molecule has 0 fully saturated rings. The van der Waals surface area contributed by atoms with Crippen LogP contribution in [0, 0.1) is 0 Å². The van der Waals surface area contributed by atoms with Gasteiger partial charge in [0.1, 0.15) is 17.2 Å². The van der Waals surface area contributed by atoms with Crippen LogP contribution in [-0.2, 0) is 21.4 Å². The van der Waals surface area contributed by atoms with Crippen molar-refractivity contribution < 1.29 is 17.9 Å². The van der Waals surface area contributed by atoms with E-state index in [2.05, 4.69) is 0 Å². The molecule has 0 bridgehead atoms. The number of benzene rings is 2. The number of hydrogen-bond donors (Lipinski definition) is 0.